The van der Waals surface area contributed by atoms with Gasteiger partial charge in [-0.1, -0.05) is 25.1 Å². The van der Waals surface area contributed by atoms with Crippen molar-refractivity contribution in [1.29, 1.82) is 0 Å². The first-order chi connectivity index (χ1) is 7.56. The maximum atomic E-state index is 11.0. The maximum absolute atomic E-state index is 11.0. The van der Waals surface area contributed by atoms with E-state index in [1.54, 1.807) is 6.92 Å². The van der Waals surface area contributed by atoms with Crippen molar-refractivity contribution in [1.82, 2.24) is 0 Å². The number of hydrogen-bond donors (Lipinski definition) is 0. The summed E-state index contributed by atoms with van der Waals surface area (Å²) in [6, 6.07) is 6.38. The summed E-state index contributed by atoms with van der Waals surface area (Å²) in [7, 11) is 2.06. The van der Waals surface area contributed by atoms with Crippen LogP contribution in [0.5, 0.6) is 0 Å². The van der Waals surface area contributed by atoms with Gasteiger partial charge >= 0.3 is 0 Å². The van der Waals surface area contributed by atoms with Crippen LogP contribution in [0, 0.1) is 6.92 Å². The summed E-state index contributed by atoms with van der Waals surface area (Å²) >= 11 is 0. The predicted molar refractivity (Wildman–Crippen MR) is 69.1 cm³/mol. The van der Waals surface area contributed by atoms with E-state index in [9.17, 15) is 4.79 Å². The highest BCUT2D eigenvalue weighted by molar-refractivity contribution is 5.76. The smallest absolute Gasteiger partial charge is 0.131 e. The first kappa shape index (κ1) is 12.8. The molecule has 0 fully saturated rings. The zero-order valence-electron chi connectivity index (χ0n) is 10.7. The molecule has 2 nitrogen and oxygen atoms in total. The Bertz CT molecular complexity index is 371. The standard InChI is InChI=1S/C14H21NO/c1-5-13-8-6-7-11(2)14(13)15(4)10-9-12(3)16/h6-8H,5,9-10H2,1-4H3. The van der Waals surface area contributed by atoms with Crippen LogP contribution in [0.1, 0.15) is 31.4 Å². The second-order valence-corrected chi connectivity index (χ2v) is 4.31. The number of benzene rings is 1. The summed E-state index contributed by atoms with van der Waals surface area (Å²) in [6.45, 7) is 6.73. The molecule has 0 aromatic heterocycles. The largest absolute Gasteiger partial charge is 0.374 e. The Hall–Kier alpha value is -1.31. The molecule has 0 bridgehead atoms. The van der Waals surface area contributed by atoms with E-state index in [1.165, 1.54) is 16.8 Å². The molecule has 0 atom stereocenters. The van der Waals surface area contributed by atoms with Crippen LogP contribution in [-0.4, -0.2) is 19.4 Å². The quantitative estimate of drug-likeness (QED) is 0.759. The number of carbonyl (C=O) groups excluding carboxylic acids is 1. The van der Waals surface area contributed by atoms with Crippen LogP contribution in [-0.2, 0) is 11.2 Å². The summed E-state index contributed by atoms with van der Waals surface area (Å²) in [4.78, 5) is 13.2. The normalized spacial score (nSPS) is 10.2. The van der Waals surface area contributed by atoms with E-state index in [2.05, 4.69) is 44.0 Å². The number of carbonyl (C=O) groups is 1. The van der Waals surface area contributed by atoms with Crippen molar-refractivity contribution in [2.24, 2.45) is 0 Å². The molecule has 0 amide bonds. The van der Waals surface area contributed by atoms with Crippen molar-refractivity contribution in [3.05, 3.63) is 29.3 Å². The summed E-state index contributed by atoms with van der Waals surface area (Å²) in [5.74, 6) is 0.249. The van der Waals surface area contributed by atoms with E-state index in [-0.39, 0.29) is 5.78 Å². The Kier molecular flexibility index (Phi) is 4.53. The molecule has 0 aliphatic heterocycles. The van der Waals surface area contributed by atoms with Gasteiger partial charge in [-0.2, -0.15) is 0 Å². The van der Waals surface area contributed by atoms with Gasteiger partial charge in [0.25, 0.3) is 0 Å². The molecule has 88 valence electrons. The third-order valence-corrected chi connectivity index (χ3v) is 2.88. The lowest BCUT2D eigenvalue weighted by molar-refractivity contribution is -0.116. The molecule has 0 aliphatic rings. The number of ketones is 1. The Balaban J connectivity index is 2.88. The Morgan fingerprint density at radius 3 is 2.62 bits per heavy atom. The van der Waals surface area contributed by atoms with E-state index in [1.807, 2.05) is 0 Å². The maximum Gasteiger partial charge on any atom is 0.131 e. The minimum Gasteiger partial charge on any atom is -0.374 e. The highest BCUT2D eigenvalue weighted by atomic mass is 16.1. The van der Waals surface area contributed by atoms with Gasteiger partial charge in [0, 0.05) is 25.7 Å². The summed E-state index contributed by atoms with van der Waals surface area (Å²) in [6.07, 6.45) is 1.65. The molecule has 0 unspecified atom stereocenters. The van der Waals surface area contributed by atoms with E-state index >= 15 is 0 Å². The molecule has 0 aliphatic carbocycles. The van der Waals surface area contributed by atoms with Crippen molar-refractivity contribution in [3.63, 3.8) is 0 Å². The molecule has 16 heavy (non-hydrogen) atoms. The second kappa shape index (κ2) is 5.69. The van der Waals surface area contributed by atoms with Crippen LogP contribution < -0.4 is 4.90 Å². The van der Waals surface area contributed by atoms with E-state index in [4.69, 9.17) is 0 Å². The van der Waals surface area contributed by atoms with Crippen molar-refractivity contribution in [2.45, 2.75) is 33.6 Å². The van der Waals surface area contributed by atoms with Gasteiger partial charge in [-0.15, -0.1) is 0 Å². The lowest BCUT2D eigenvalue weighted by atomic mass is 10.0. The SMILES string of the molecule is CCc1cccc(C)c1N(C)CCC(C)=O. The molecule has 0 heterocycles. The predicted octanol–water partition coefficient (Wildman–Crippen LogP) is 2.97. The minimum absolute atomic E-state index is 0.249. The molecular formula is C14H21NO. The summed E-state index contributed by atoms with van der Waals surface area (Å²) in [5, 5.41) is 0. The topological polar surface area (TPSA) is 20.3 Å². The first-order valence-corrected chi connectivity index (χ1v) is 5.85. The van der Waals surface area contributed by atoms with Crippen molar-refractivity contribution in [3.8, 4) is 0 Å². The van der Waals surface area contributed by atoms with Crippen LogP contribution in [0.2, 0.25) is 0 Å². The third kappa shape index (κ3) is 3.09. The van der Waals surface area contributed by atoms with Gasteiger partial charge in [-0.05, 0) is 31.4 Å². The molecule has 1 aromatic rings. The Labute approximate surface area is 98.3 Å². The van der Waals surface area contributed by atoms with Gasteiger partial charge in [-0.25, -0.2) is 0 Å². The van der Waals surface area contributed by atoms with Crippen LogP contribution >= 0.6 is 0 Å². The number of rotatable bonds is 5. The van der Waals surface area contributed by atoms with Gasteiger partial charge in [0.1, 0.15) is 5.78 Å². The van der Waals surface area contributed by atoms with Crippen LogP contribution in [0.4, 0.5) is 5.69 Å². The fourth-order valence-electron chi connectivity index (χ4n) is 1.99. The van der Waals surface area contributed by atoms with Gasteiger partial charge in [0.05, 0.1) is 0 Å². The fourth-order valence-corrected chi connectivity index (χ4v) is 1.99. The lowest BCUT2D eigenvalue weighted by Gasteiger charge is -2.24. The average Bonchev–Trinajstić information content (AvgIpc) is 2.25. The molecule has 0 saturated heterocycles. The number of anilines is 1. The number of nitrogens with zero attached hydrogens (tertiary/aromatic N) is 1. The zero-order valence-corrected chi connectivity index (χ0v) is 10.7. The summed E-state index contributed by atoms with van der Waals surface area (Å²) < 4.78 is 0. The van der Waals surface area contributed by atoms with Crippen molar-refractivity contribution in [2.75, 3.05) is 18.5 Å². The minimum atomic E-state index is 0.249. The zero-order chi connectivity index (χ0) is 12.1. The molecule has 1 rings (SSSR count). The van der Waals surface area contributed by atoms with Crippen molar-refractivity contribution >= 4 is 11.5 Å². The van der Waals surface area contributed by atoms with Gasteiger partial charge in [0.15, 0.2) is 0 Å². The Morgan fingerprint density at radius 1 is 1.38 bits per heavy atom. The Morgan fingerprint density at radius 2 is 2.06 bits per heavy atom. The lowest BCUT2D eigenvalue weighted by Crippen LogP contribution is -2.22. The number of hydrogen-bond acceptors (Lipinski definition) is 2. The number of Topliss-reactive ketones (excluding diaryl/α,β-unsaturated/α-hetero) is 1. The monoisotopic (exact) mass is 219 g/mol. The average molecular weight is 219 g/mol. The molecule has 0 radical (unpaired) electrons. The molecule has 2 heteroatoms. The van der Waals surface area contributed by atoms with E-state index in [0.717, 1.165) is 13.0 Å². The first-order valence-electron chi connectivity index (χ1n) is 5.85. The van der Waals surface area contributed by atoms with Crippen molar-refractivity contribution < 1.29 is 4.79 Å². The highest BCUT2D eigenvalue weighted by Crippen LogP contribution is 2.24. The molecule has 1 aromatic carbocycles. The van der Waals surface area contributed by atoms with E-state index in [0.29, 0.717) is 6.42 Å². The third-order valence-electron chi connectivity index (χ3n) is 2.88. The van der Waals surface area contributed by atoms with Gasteiger partial charge in [0.2, 0.25) is 0 Å². The second-order valence-electron chi connectivity index (χ2n) is 4.31. The summed E-state index contributed by atoms with van der Waals surface area (Å²) in [5.41, 5.74) is 3.92. The fraction of sp³-hybridized carbons (Fsp3) is 0.500. The molecule has 0 N–H and O–H groups in total. The molecule has 0 saturated carbocycles. The van der Waals surface area contributed by atoms with E-state index < -0.39 is 0 Å². The van der Waals surface area contributed by atoms with Crippen LogP contribution in [0.15, 0.2) is 18.2 Å². The molecule has 0 spiro atoms. The number of aryl methyl sites for hydroxylation is 2. The van der Waals surface area contributed by atoms with Gasteiger partial charge < -0.3 is 4.90 Å². The van der Waals surface area contributed by atoms with Crippen LogP contribution in [0.3, 0.4) is 0 Å². The highest BCUT2D eigenvalue weighted by Gasteiger charge is 2.09. The van der Waals surface area contributed by atoms with Gasteiger partial charge in [-0.3, -0.25) is 4.79 Å². The van der Waals surface area contributed by atoms with Crippen LogP contribution in [0.25, 0.3) is 0 Å². The number of para-hydroxylation sites is 1. The molecular weight excluding hydrogens is 198 g/mol.